The molecular weight excluding hydrogens is 342 g/mol. The van der Waals surface area contributed by atoms with Crippen LogP contribution in [0.15, 0.2) is 12.1 Å². The summed E-state index contributed by atoms with van der Waals surface area (Å²) in [4.78, 5) is 27.4. The van der Waals surface area contributed by atoms with Crippen molar-refractivity contribution in [3.8, 4) is 0 Å². The number of non-ortho nitro benzene ring substituents is 1. The molecule has 1 amide bonds. The van der Waals surface area contributed by atoms with Gasteiger partial charge >= 0.3 is 0 Å². The standard InChI is InChI=1S/C18H24ClN3O3/c1-13-11-15(22(24)25)12-16(19)17(13)20-9-5-14(6-10-20)18(23)21-7-3-2-4-8-21/h11-12,14H,2-10H2,1H3. The largest absolute Gasteiger partial charge is 0.370 e. The van der Waals surface area contributed by atoms with Gasteiger partial charge in [-0.3, -0.25) is 14.9 Å². The topological polar surface area (TPSA) is 66.7 Å². The molecule has 2 aliphatic heterocycles. The number of carbonyl (C=O) groups excluding carboxylic acids is 1. The lowest BCUT2D eigenvalue weighted by molar-refractivity contribution is -0.384. The monoisotopic (exact) mass is 365 g/mol. The van der Waals surface area contributed by atoms with Crippen molar-refractivity contribution in [1.29, 1.82) is 0 Å². The lowest BCUT2D eigenvalue weighted by atomic mass is 9.93. The zero-order valence-corrected chi connectivity index (χ0v) is 15.3. The minimum atomic E-state index is -0.424. The number of halogens is 1. The van der Waals surface area contributed by atoms with Crippen LogP contribution < -0.4 is 4.90 Å². The smallest absolute Gasteiger partial charge is 0.271 e. The number of hydrogen-bond donors (Lipinski definition) is 0. The number of hydrogen-bond acceptors (Lipinski definition) is 4. The predicted molar refractivity (Wildman–Crippen MR) is 98.2 cm³/mol. The second kappa shape index (κ2) is 7.60. The summed E-state index contributed by atoms with van der Waals surface area (Å²) >= 11 is 6.31. The van der Waals surface area contributed by atoms with Crippen LogP contribution in [0.1, 0.15) is 37.7 Å². The first-order chi connectivity index (χ1) is 12.0. The van der Waals surface area contributed by atoms with E-state index < -0.39 is 4.92 Å². The third kappa shape index (κ3) is 3.89. The average Bonchev–Trinajstić information content (AvgIpc) is 2.61. The molecule has 0 bridgehead atoms. The number of anilines is 1. The Hall–Kier alpha value is -1.82. The van der Waals surface area contributed by atoms with Gasteiger partial charge in [0.15, 0.2) is 0 Å². The molecule has 3 rings (SSSR count). The highest BCUT2D eigenvalue weighted by atomic mass is 35.5. The van der Waals surface area contributed by atoms with Crippen molar-refractivity contribution in [3.05, 3.63) is 32.8 Å². The number of nitrogens with zero attached hydrogens (tertiary/aromatic N) is 3. The number of rotatable bonds is 3. The SMILES string of the molecule is Cc1cc([N+](=O)[O-])cc(Cl)c1N1CCC(C(=O)N2CCCCC2)CC1. The number of nitro benzene ring substituents is 1. The second-order valence-corrected chi connectivity index (χ2v) is 7.40. The van der Waals surface area contributed by atoms with E-state index in [2.05, 4.69) is 4.90 Å². The third-order valence-corrected chi connectivity index (χ3v) is 5.57. The van der Waals surface area contributed by atoms with Crippen molar-refractivity contribution in [2.75, 3.05) is 31.1 Å². The van der Waals surface area contributed by atoms with Crippen LogP contribution in [-0.2, 0) is 4.79 Å². The highest BCUT2D eigenvalue weighted by molar-refractivity contribution is 6.33. The molecule has 2 fully saturated rings. The molecule has 6 nitrogen and oxygen atoms in total. The Balaban J connectivity index is 1.66. The normalized spacial score (nSPS) is 19.1. The summed E-state index contributed by atoms with van der Waals surface area (Å²) in [5.74, 6) is 0.386. The van der Waals surface area contributed by atoms with Crippen LogP contribution in [0.3, 0.4) is 0 Å². The van der Waals surface area contributed by atoms with E-state index in [9.17, 15) is 14.9 Å². The van der Waals surface area contributed by atoms with Crippen molar-refractivity contribution >= 4 is 28.9 Å². The Kier molecular flexibility index (Phi) is 5.47. The van der Waals surface area contributed by atoms with Crippen molar-refractivity contribution in [1.82, 2.24) is 4.90 Å². The van der Waals surface area contributed by atoms with Gasteiger partial charge in [-0.25, -0.2) is 0 Å². The van der Waals surface area contributed by atoms with Gasteiger partial charge in [0.2, 0.25) is 5.91 Å². The molecular formula is C18H24ClN3O3. The first kappa shape index (κ1) is 18.0. The average molecular weight is 366 g/mol. The minimum absolute atomic E-state index is 0.0152. The van der Waals surface area contributed by atoms with Gasteiger partial charge < -0.3 is 9.80 Å². The van der Waals surface area contributed by atoms with Crippen molar-refractivity contribution in [2.24, 2.45) is 5.92 Å². The van der Waals surface area contributed by atoms with Gasteiger partial charge in [0.05, 0.1) is 15.6 Å². The fourth-order valence-electron chi connectivity index (χ4n) is 3.95. The molecule has 2 saturated heterocycles. The van der Waals surface area contributed by atoms with Crippen molar-refractivity contribution in [3.63, 3.8) is 0 Å². The van der Waals surface area contributed by atoms with E-state index in [1.807, 2.05) is 11.8 Å². The molecule has 0 N–H and O–H groups in total. The van der Waals surface area contributed by atoms with Crippen LogP contribution in [-0.4, -0.2) is 41.9 Å². The Bertz CT molecular complexity index is 643. The van der Waals surface area contributed by atoms with E-state index >= 15 is 0 Å². The van der Waals surface area contributed by atoms with Crippen LogP contribution in [0.4, 0.5) is 11.4 Å². The predicted octanol–water partition coefficient (Wildman–Crippen LogP) is 3.79. The Morgan fingerprint density at radius 3 is 2.36 bits per heavy atom. The van der Waals surface area contributed by atoms with Gasteiger partial charge in [0.1, 0.15) is 0 Å². The number of amides is 1. The summed E-state index contributed by atoms with van der Waals surface area (Å²) in [5, 5.41) is 11.4. The van der Waals surface area contributed by atoms with E-state index in [-0.39, 0.29) is 11.6 Å². The van der Waals surface area contributed by atoms with Gasteiger partial charge in [0.25, 0.3) is 5.69 Å². The van der Waals surface area contributed by atoms with Crippen LogP contribution in [0.2, 0.25) is 5.02 Å². The van der Waals surface area contributed by atoms with Crippen LogP contribution in [0.5, 0.6) is 0 Å². The number of likely N-dealkylation sites (tertiary alicyclic amines) is 1. The Labute approximate surface area is 152 Å². The molecule has 0 saturated carbocycles. The molecule has 0 aliphatic carbocycles. The van der Waals surface area contributed by atoms with Gasteiger partial charge in [0, 0.05) is 44.2 Å². The molecule has 1 aromatic rings. The second-order valence-electron chi connectivity index (χ2n) is 7.00. The lowest BCUT2D eigenvalue weighted by Crippen LogP contribution is -2.44. The number of benzene rings is 1. The van der Waals surface area contributed by atoms with Crippen molar-refractivity contribution in [2.45, 2.75) is 39.0 Å². The van der Waals surface area contributed by atoms with E-state index in [0.717, 1.165) is 63.1 Å². The molecule has 2 aliphatic rings. The highest BCUT2D eigenvalue weighted by Gasteiger charge is 2.30. The molecule has 7 heteroatoms. The van der Waals surface area contributed by atoms with E-state index in [1.54, 1.807) is 6.07 Å². The van der Waals surface area contributed by atoms with E-state index in [4.69, 9.17) is 11.6 Å². The molecule has 0 atom stereocenters. The highest BCUT2D eigenvalue weighted by Crippen LogP contribution is 2.36. The lowest BCUT2D eigenvalue weighted by Gasteiger charge is -2.37. The fourth-order valence-corrected chi connectivity index (χ4v) is 4.33. The van der Waals surface area contributed by atoms with Gasteiger partial charge in [-0.1, -0.05) is 11.6 Å². The first-order valence-corrected chi connectivity index (χ1v) is 9.33. The summed E-state index contributed by atoms with van der Waals surface area (Å²) in [6, 6.07) is 2.97. The summed E-state index contributed by atoms with van der Waals surface area (Å²) in [5.41, 5.74) is 1.68. The van der Waals surface area contributed by atoms with Crippen LogP contribution >= 0.6 is 11.6 Å². The molecule has 0 spiro atoms. The number of carbonyl (C=O) groups is 1. The maximum atomic E-state index is 12.7. The summed E-state index contributed by atoms with van der Waals surface area (Å²) in [7, 11) is 0. The maximum Gasteiger partial charge on any atom is 0.271 e. The van der Waals surface area contributed by atoms with Gasteiger partial charge in [-0.2, -0.15) is 0 Å². The zero-order chi connectivity index (χ0) is 18.0. The molecule has 0 aromatic heterocycles. The summed E-state index contributed by atoms with van der Waals surface area (Å²) < 4.78 is 0. The van der Waals surface area contributed by atoms with Crippen LogP contribution in [0, 0.1) is 23.0 Å². The summed E-state index contributed by atoms with van der Waals surface area (Å²) in [6.07, 6.45) is 5.06. The van der Waals surface area contributed by atoms with E-state index in [0.29, 0.717) is 10.9 Å². The minimum Gasteiger partial charge on any atom is -0.370 e. The molecule has 2 heterocycles. The fraction of sp³-hybridized carbons (Fsp3) is 0.611. The number of piperidine rings is 2. The molecule has 1 aromatic carbocycles. The quantitative estimate of drug-likeness (QED) is 0.603. The number of nitro groups is 1. The van der Waals surface area contributed by atoms with Crippen molar-refractivity contribution < 1.29 is 9.72 Å². The Morgan fingerprint density at radius 1 is 1.16 bits per heavy atom. The van der Waals surface area contributed by atoms with Gasteiger partial charge in [-0.05, 0) is 44.6 Å². The molecule has 136 valence electrons. The van der Waals surface area contributed by atoms with Gasteiger partial charge in [-0.15, -0.1) is 0 Å². The Morgan fingerprint density at radius 2 is 1.80 bits per heavy atom. The molecule has 0 radical (unpaired) electrons. The number of aryl methyl sites for hydroxylation is 1. The molecule has 0 unspecified atom stereocenters. The third-order valence-electron chi connectivity index (χ3n) is 5.28. The molecule has 25 heavy (non-hydrogen) atoms. The van der Waals surface area contributed by atoms with E-state index in [1.165, 1.54) is 12.5 Å². The van der Waals surface area contributed by atoms with Crippen LogP contribution in [0.25, 0.3) is 0 Å². The summed E-state index contributed by atoms with van der Waals surface area (Å²) in [6.45, 7) is 5.14. The first-order valence-electron chi connectivity index (χ1n) is 8.95. The maximum absolute atomic E-state index is 12.7. The zero-order valence-electron chi connectivity index (χ0n) is 14.5.